The van der Waals surface area contributed by atoms with Gasteiger partial charge in [0.05, 0.1) is 0 Å². The molecule has 0 atom stereocenters. The van der Waals surface area contributed by atoms with Gasteiger partial charge in [0.15, 0.2) is 17.4 Å². The summed E-state index contributed by atoms with van der Waals surface area (Å²) in [6, 6.07) is 10.8. The Hall–Kier alpha value is -0.252. The summed E-state index contributed by atoms with van der Waals surface area (Å²) < 4.78 is 11.9. The Morgan fingerprint density at radius 1 is 1.25 bits per heavy atom. The molecule has 0 saturated carbocycles. The van der Waals surface area contributed by atoms with Gasteiger partial charge in [0.1, 0.15) is 0 Å². The van der Waals surface area contributed by atoms with Crippen LogP contribution in [0.5, 0.6) is 0 Å². The summed E-state index contributed by atoms with van der Waals surface area (Å²) in [4.78, 5) is 0. The van der Waals surface area contributed by atoms with Crippen molar-refractivity contribution in [1.29, 1.82) is 0 Å². The average Bonchev–Trinajstić information content (AvgIpc) is 2.42. The van der Waals surface area contributed by atoms with E-state index in [1.807, 2.05) is 6.08 Å². The van der Waals surface area contributed by atoms with Crippen LogP contribution in [0, 0.1) is 0 Å². The van der Waals surface area contributed by atoms with Crippen molar-refractivity contribution >= 4 is 48.1 Å². The molecule has 1 aromatic carbocycles. The number of hydrogen-bond donors (Lipinski definition) is 0. The number of rotatable bonds is 9. The van der Waals surface area contributed by atoms with Crippen molar-refractivity contribution in [3.8, 4) is 0 Å². The molecule has 1 aromatic rings. The summed E-state index contributed by atoms with van der Waals surface area (Å²) in [6.07, 6.45) is 1.87. The molecule has 0 spiro atoms. The fourth-order valence-electron chi connectivity index (χ4n) is 1.51. The van der Waals surface area contributed by atoms with E-state index in [1.165, 1.54) is 11.2 Å². The zero-order chi connectivity index (χ0) is 15.0. The summed E-state index contributed by atoms with van der Waals surface area (Å²) >= 11 is 0. The maximum absolute atomic E-state index is 6.20. The Balaban J connectivity index is 2.32. The summed E-state index contributed by atoms with van der Waals surface area (Å²) in [6.45, 7) is 12.8. The van der Waals surface area contributed by atoms with Crippen LogP contribution >= 0.6 is 0 Å². The van der Waals surface area contributed by atoms with Crippen LogP contribution in [0.25, 0.3) is 6.08 Å². The number of benzene rings is 1. The van der Waals surface area contributed by atoms with Crippen LogP contribution in [0.2, 0.25) is 38.3 Å². The monoisotopic (exact) mass is 336 g/mol. The van der Waals surface area contributed by atoms with Gasteiger partial charge in [-0.2, -0.15) is 0 Å². The lowest BCUT2D eigenvalue weighted by Gasteiger charge is -2.22. The van der Waals surface area contributed by atoms with Crippen LogP contribution in [-0.2, 0) is 8.23 Å². The standard InChI is InChI=1S/C14H24O2Si4/c1-6-13-7-9-14(10-8-13)18-16-20(4,5)12-11-17-15-19(2)3/h6-10,19H,1,11-12H2,2-5H3. The van der Waals surface area contributed by atoms with Gasteiger partial charge in [-0.05, 0) is 49.0 Å². The quantitative estimate of drug-likeness (QED) is 0.510. The van der Waals surface area contributed by atoms with Crippen molar-refractivity contribution in [3.63, 3.8) is 0 Å². The molecule has 1 rings (SSSR count). The van der Waals surface area contributed by atoms with Gasteiger partial charge in [0, 0.05) is 0 Å². The van der Waals surface area contributed by atoms with Crippen molar-refractivity contribution in [2.75, 3.05) is 0 Å². The molecule has 0 saturated heterocycles. The van der Waals surface area contributed by atoms with Crippen LogP contribution in [0.4, 0.5) is 0 Å². The highest BCUT2D eigenvalue weighted by Crippen LogP contribution is 2.13. The second kappa shape index (κ2) is 8.91. The smallest absolute Gasteiger partial charge is 0.256 e. The fraction of sp³-hybridized carbons (Fsp3) is 0.429. The second-order valence-corrected chi connectivity index (χ2v) is 15.0. The molecule has 0 amide bonds. The van der Waals surface area contributed by atoms with Gasteiger partial charge in [-0.1, -0.05) is 36.9 Å². The molecule has 0 bridgehead atoms. The second-order valence-electron chi connectivity index (χ2n) is 5.60. The third-order valence-electron chi connectivity index (χ3n) is 2.74. The van der Waals surface area contributed by atoms with E-state index in [4.69, 9.17) is 8.23 Å². The van der Waals surface area contributed by atoms with Crippen molar-refractivity contribution in [2.45, 2.75) is 38.3 Å². The van der Waals surface area contributed by atoms with Crippen molar-refractivity contribution in [1.82, 2.24) is 0 Å². The minimum atomic E-state index is -1.55. The van der Waals surface area contributed by atoms with Gasteiger partial charge in [-0.15, -0.1) is 0 Å². The molecule has 0 fully saturated rings. The highest BCUT2D eigenvalue weighted by atomic mass is 28.4. The van der Waals surface area contributed by atoms with Gasteiger partial charge >= 0.3 is 0 Å². The molecule has 108 valence electrons. The van der Waals surface area contributed by atoms with Gasteiger partial charge in [0.2, 0.25) is 9.76 Å². The van der Waals surface area contributed by atoms with Gasteiger partial charge in [0.25, 0.3) is 9.76 Å². The molecule has 0 aromatic heterocycles. The first-order chi connectivity index (χ1) is 9.43. The van der Waals surface area contributed by atoms with Crippen LogP contribution < -0.4 is 5.19 Å². The van der Waals surface area contributed by atoms with E-state index in [0.717, 1.165) is 11.6 Å². The Morgan fingerprint density at radius 3 is 2.45 bits per heavy atom. The maximum atomic E-state index is 6.20. The molecule has 6 heteroatoms. The lowest BCUT2D eigenvalue weighted by Crippen LogP contribution is -2.36. The largest absolute Gasteiger partial charge is 0.459 e. The molecule has 0 unspecified atom stereocenters. The Morgan fingerprint density at radius 2 is 1.90 bits per heavy atom. The highest BCUT2D eigenvalue weighted by molar-refractivity contribution is 6.77. The van der Waals surface area contributed by atoms with E-state index in [2.05, 4.69) is 57.0 Å². The van der Waals surface area contributed by atoms with Gasteiger partial charge in [-0.25, -0.2) is 0 Å². The lowest BCUT2D eigenvalue weighted by molar-refractivity contribution is 0.590. The molecular formula is C14H24O2Si4. The van der Waals surface area contributed by atoms with Crippen molar-refractivity contribution < 1.29 is 8.23 Å². The normalized spacial score (nSPS) is 11.8. The predicted octanol–water partition coefficient (Wildman–Crippen LogP) is 2.83. The summed E-state index contributed by atoms with van der Waals surface area (Å²) in [5.41, 5.74) is 1.16. The highest BCUT2D eigenvalue weighted by Gasteiger charge is 2.22. The molecule has 0 aliphatic rings. The minimum Gasteiger partial charge on any atom is -0.459 e. The van der Waals surface area contributed by atoms with Crippen LogP contribution in [-0.4, -0.2) is 36.9 Å². The van der Waals surface area contributed by atoms with Gasteiger partial charge < -0.3 is 8.23 Å². The van der Waals surface area contributed by atoms with Gasteiger partial charge in [-0.3, -0.25) is 0 Å². The Labute approximate surface area is 131 Å². The Bertz CT molecular complexity index is 404. The summed E-state index contributed by atoms with van der Waals surface area (Å²) in [5, 5.41) is 1.27. The van der Waals surface area contributed by atoms with E-state index in [0.29, 0.717) is 19.5 Å². The van der Waals surface area contributed by atoms with Crippen LogP contribution in [0.1, 0.15) is 5.56 Å². The number of hydrogen-bond acceptors (Lipinski definition) is 2. The van der Waals surface area contributed by atoms with E-state index in [1.54, 1.807) is 0 Å². The maximum Gasteiger partial charge on any atom is 0.256 e. The molecule has 4 radical (unpaired) electrons. The molecule has 0 aliphatic carbocycles. The molecule has 0 heterocycles. The first kappa shape index (κ1) is 17.8. The first-order valence-corrected chi connectivity index (χ1v) is 14.9. The molecule has 2 nitrogen and oxygen atoms in total. The fourth-order valence-corrected chi connectivity index (χ4v) is 8.42. The molecular weight excluding hydrogens is 312 g/mol. The van der Waals surface area contributed by atoms with E-state index in [-0.39, 0.29) is 0 Å². The first-order valence-electron chi connectivity index (χ1n) is 6.98. The third kappa shape index (κ3) is 7.51. The average molecular weight is 337 g/mol. The molecule has 20 heavy (non-hydrogen) atoms. The van der Waals surface area contributed by atoms with Crippen molar-refractivity contribution in [3.05, 3.63) is 36.4 Å². The van der Waals surface area contributed by atoms with Crippen molar-refractivity contribution in [2.24, 2.45) is 0 Å². The third-order valence-corrected chi connectivity index (χ3v) is 10.9. The van der Waals surface area contributed by atoms with Crippen LogP contribution in [0.3, 0.4) is 0 Å². The SMILES string of the molecule is C=Cc1ccc([Si]O[Si](C)(C)CC[Si]O[SiH](C)C)cc1. The topological polar surface area (TPSA) is 18.5 Å². The van der Waals surface area contributed by atoms with E-state index in [9.17, 15) is 0 Å². The van der Waals surface area contributed by atoms with Crippen LogP contribution in [0.15, 0.2) is 30.8 Å². The lowest BCUT2D eigenvalue weighted by atomic mass is 10.2. The molecule has 0 aliphatic heterocycles. The predicted molar refractivity (Wildman–Crippen MR) is 95.8 cm³/mol. The van der Waals surface area contributed by atoms with E-state index < -0.39 is 17.4 Å². The zero-order valence-electron chi connectivity index (χ0n) is 12.9. The minimum absolute atomic E-state index is 0.459. The zero-order valence-corrected chi connectivity index (χ0v) is 17.1. The van der Waals surface area contributed by atoms with E-state index >= 15 is 0 Å². The summed E-state index contributed by atoms with van der Waals surface area (Å²) in [7, 11) is -1.27. The molecule has 0 N–H and O–H groups in total. The summed E-state index contributed by atoms with van der Waals surface area (Å²) in [5.74, 6) is 0. The Kier molecular flexibility index (Phi) is 7.93.